The van der Waals surface area contributed by atoms with Crippen molar-refractivity contribution in [2.45, 2.75) is 26.3 Å². The molecule has 0 spiro atoms. The van der Waals surface area contributed by atoms with Crippen molar-refractivity contribution in [1.29, 1.82) is 0 Å². The number of carbonyl (C=O) groups is 1. The van der Waals surface area contributed by atoms with Gasteiger partial charge in [0.2, 0.25) is 11.6 Å². The van der Waals surface area contributed by atoms with Gasteiger partial charge in [0.25, 0.3) is 5.91 Å². The highest BCUT2D eigenvalue weighted by Crippen LogP contribution is 2.30. The quantitative estimate of drug-likeness (QED) is 0.457. The predicted molar refractivity (Wildman–Crippen MR) is 107 cm³/mol. The second kappa shape index (κ2) is 7.47. The molecule has 1 heterocycles. The van der Waals surface area contributed by atoms with Crippen LogP contribution < -0.4 is 16.2 Å². The minimum atomic E-state index is -0.597. The van der Waals surface area contributed by atoms with Crippen molar-refractivity contribution in [3.63, 3.8) is 0 Å². The summed E-state index contributed by atoms with van der Waals surface area (Å²) in [6, 6.07) is 12.8. The number of carbonyl (C=O) groups excluding carboxylic acids is 1. The van der Waals surface area contributed by atoms with E-state index in [0.29, 0.717) is 5.56 Å². The fourth-order valence-electron chi connectivity index (χ4n) is 2.70. The molecule has 0 bridgehead atoms. The summed E-state index contributed by atoms with van der Waals surface area (Å²) in [6.45, 7) is 5.57. The second-order valence-electron chi connectivity index (χ2n) is 7.16. The van der Waals surface area contributed by atoms with Crippen molar-refractivity contribution < 1.29 is 9.72 Å². The van der Waals surface area contributed by atoms with E-state index < -0.39 is 16.4 Å². The standard InChI is InChI=1S/C19H20N6O3/c1-19(2,3)22-16-15(25(27)28)17(21-11-20-16)23-24-18(26)14-10-6-8-12-7-4-5-9-13(12)14/h4-11H,1-3H3,(H,24,26)(H2,20,21,22,23). The number of anilines is 2. The second-order valence-corrected chi connectivity index (χ2v) is 7.16. The first-order valence-corrected chi connectivity index (χ1v) is 8.58. The van der Waals surface area contributed by atoms with Gasteiger partial charge in [0.05, 0.1) is 4.92 Å². The Bertz CT molecular complexity index is 1040. The number of benzene rings is 2. The molecule has 144 valence electrons. The van der Waals surface area contributed by atoms with Crippen LogP contribution in [0.3, 0.4) is 0 Å². The van der Waals surface area contributed by atoms with Gasteiger partial charge in [-0.25, -0.2) is 9.97 Å². The van der Waals surface area contributed by atoms with Crippen LogP contribution in [0.2, 0.25) is 0 Å². The summed E-state index contributed by atoms with van der Waals surface area (Å²) in [5, 5.41) is 16.2. The normalized spacial score (nSPS) is 11.1. The van der Waals surface area contributed by atoms with Crippen LogP contribution in [0.15, 0.2) is 48.8 Å². The Labute approximate surface area is 161 Å². The average molecular weight is 380 g/mol. The van der Waals surface area contributed by atoms with Gasteiger partial charge in [0, 0.05) is 11.1 Å². The Morgan fingerprint density at radius 3 is 2.43 bits per heavy atom. The Balaban J connectivity index is 1.87. The Morgan fingerprint density at radius 1 is 1.04 bits per heavy atom. The third kappa shape index (κ3) is 4.14. The molecule has 0 radical (unpaired) electrons. The maximum Gasteiger partial charge on any atom is 0.354 e. The van der Waals surface area contributed by atoms with Gasteiger partial charge in [0.15, 0.2) is 0 Å². The van der Waals surface area contributed by atoms with Gasteiger partial charge in [-0.15, -0.1) is 0 Å². The molecule has 3 rings (SSSR count). The molecule has 1 aromatic heterocycles. The van der Waals surface area contributed by atoms with Crippen LogP contribution in [0.25, 0.3) is 10.8 Å². The van der Waals surface area contributed by atoms with E-state index in [4.69, 9.17) is 0 Å². The highest BCUT2D eigenvalue weighted by atomic mass is 16.6. The first-order valence-electron chi connectivity index (χ1n) is 8.58. The van der Waals surface area contributed by atoms with E-state index in [1.165, 1.54) is 6.33 Å². The highest BCUT2D eigenvalue weighted by molar-refractivity contribution is 6.07. The van der Waals surface area contributed by atoms with Crippen LogP contribution in [-0.4, -0.2) is 26.3 Å². The zero-order valence-electron chi connectivity index (χ0n) is 15.7. The Morgan fingerprint density at radius 2 is 1.71 bits per heavy atom. The van der Waals surface area contributed by atoms with Crippen molar-refractivity contribution in [1.82, 2.24) is 15.4 Å². The van der Waals surface area contributed by atoms with Gasteiger partial charge < -0.3 is 5.32 Å². The number of hydrogen-bond donors (Lipinski definition) is 3. The number of amides is 1. The molecule has 3 aromatic rings. The summed E-state index contributed by atoms with van der Waals surface area (Å²) in [5.74, 6) is -0.482. The molecule has 0 atom stereocenters. The van der Waals surface area contributed by atoms with Crippen molar-refractivity contribution in [2.75, 3.05) is 10.7 Å². The monoisotopic (exact) mass is 380 g/mol. The van der Waals surface area contributed by atoms with Crippen molar-refractivity contribution in [3.8, 4) is 0 Å². The van der Waals surface area contributed by atoms with Gasteiger partial charge >= 0.3 is 5.69 Å². The molecule has 28 heavy (non-hydrogen) atoms. The Kier molecular flexibility index (Phi) is 5.08. The third-order valence-electron chi connectivity index (χ3n) is 3.83. The summed E-state index contributed by atoms with van der Waals surface area (Å²) in [6.07, 6.45) is 1.19. The summed E-state index contributed by atoms with van der Waals surface area (Å²) in [4.78, 5) is 31.4. The van der Waals surface area contributed by atoms with E-state index in [1.54, 1.807) is 12.1 Å². The van der Waals surface area contributed by atoms with Crippen LogP contribution in [-0.2, 0) is 0 Å². The van der Waals surface area contributed by atoms with Crippen LogP contribution in [0, 0.1) is 10.1 Å². The van der Waals surface area contributed by atoms with Gasteiger partial charge in [0.1, 0.15) is 6.33 Å². The number of hydrogen-bond acceptors (Lipinski definition) is 7. The predicted octanol–water partition coefficient (Wildman–Crippen LogP) is 3.51. The molecule has 1 amide bonds. The summed E-state index contributed by atoms with van der Waals surface area (Å²) in [7, 11) is 0. The SMILES string of the molecule is CC(C)(C)Nc1ncnc(NNC(=O)c2cccc3ccccc23)c1[N+](=O)[O-]. The lowest BCUT2D eigenvalue weighted by Crippen LogP contribution is -2.31. The number of nitrogens with one attached hydrogen (secondary N) is 3. The number of nitro groups is 1. The summed E-state index contributed by atoms with van der Waals surface area (Å²) >= 11 is 0. The van der Waals surface area contributed by atoms with Gasteiger partial charge in [-0.1, -0.05) is 36.4 Å². The van der Waals surface area contributed by atoms with E-state index in [1.807, 2.05) is 51.1 Å². The fourth-order valence-corrected chi connectivity index (χ4v) is 2.70. The lowest BCUT2D eigenvalue weighted by atomic mass is 10.0. The Hall–Kier alpha value is -3.75. The van der Waals surface area contributed by atoms with E-state index >= 15 is 0 Å². The average Bonchev–Trinajstić information content (AvgIpc) is 2.64. The van der Waals surface area contributed by atoms with E-state index in [-0.39, 0.29) is 17.3 Å². The van der Waals surface area contributed by atoms with Crippen molar-refractivity contribution >= 4 is 34.0 Å². The van der Waals surface area contributed by atoms with Crippen molar-refractivity contribution in [2.24, 2.45) is 0 Å². The highest BCUT2D eigenvalue weighted by Gasteiger charge is 2.26. The molecule has 9 heteroatoms. The molecule has 9 nitrogen and oxygen atoms in total. The maximum atomic E-state index is 12.6. The molecule has 2 aromatic carbocycles. The molecule has 0 fully saturated rings. The first kappa shape index (κ1) is 19.0. The van der Waals surface area contributed by atoms with Gasteiger partial charge in [-0.3, -0.25) is 25.8 Å². The first-order chi connectivity index (χ1) is 13.3. The number of aromatic nitrogens is 2. The lowest BCUT2D eigenvalue weighted by molar-refractivity contribution is -0.383. The lowest BCUT2D eigenvalue weighted by Gasteiger charge is -2.21. The zero-order valence-corrected chi connectivity index (χ0v) is 15.7. The summed E-state index contributed by atoms with van der Waals surface area (Å²) in [5.41, 5.74) is 4.68. The van der Waals surface area contributed by atoms with Crippen molar-refractivity contribution in [3.05, 3.63) is 64.5 Å². The molecular weight excluding hydrogens is 360 g/mol. The third-order valence-corrected chi connectivity index (χ3v) is 3.83. The van der Waals surface area contributed by atoms with Crippen LogP contribution in [0.4, 0.5) is 17.3 Å². The topological polar surface area (TPSA) is 122 Å². The molecule has 0 saturated heterocycles. The minimum Gasteiger partial charge on any atom is -0.360 e. The fraction of sp³-hybridized carbons (Fsp3) is 0.211. The summed E-state index contributed by atoms with van der Waals surface area (Å²) < 4.78 is 0. The molecular formula is C19H20N6O3. The molecule has 0 aliphatic rings. The molecule has 0 aliphatic heterocycles. The maximum absolute atomic E-state index is 12.6. The van der Waals surface area contributed by atoms with Crippen LogP contribution in [0.1, 0.15) is 31.1 Å². The largest absolute Gasteiger partial charge is 0.360 e. The number of nitrogens with zero attached hydrogens (tertiary/aromatic N) is 3. The van der Waals surface area contributed by atoms with Gasteiger partial charge in [-0.05, 0) is 37.6 Å². The van der Waals surface area contributed by atoms with E-state index in [9.17, 15) is 14.9 Å². The number of hydrazine groups is 1. The van der Waals surface area contributed by atoms with Crippen LogP contribution >= 0.6 is 0 Å². The molecule has 0 unspecified atom stereocenters. The van der Waals surface area contributed by atoms with Gasteiger partial charge in [-0.2, -0.15) is 0 Å². The molecule has 3 N–H and O–H groups in total. The number of fused-ring (bicyclic) bond motifs is 1. The molecule has 0 saturated carbocycles. The smallest absolute Gasteiger partial charge is 0.354 e. The van der Waals surface area contributed by atoms with E-state index in [0.717, 1.165) is 10.8 Å². The zero-order chi connectivity index (χ0) is 20.3. The number of rotatable bonds is 5. The van der Waals surface area contributed by atoms with E-state index in [2.05, 4.69) is 26.1 Å². The molecule has 0 aliphatic carbocycles. The van der Waals surface area contributed by atoms with Crippen LogP contribution in [0.5, 0.6) is 0 Å². The minimum absolute atomic E-state index is 0.0643.